The Bertz CT molecular complexity index is 832. The first-order chi connectivity index (χ1) is 13.0. The molecule has 7 nitrogen and oxygen atoms in total. The molecule has 0 saturated heterocycles. The van der Waals surface area contributed by atoms with Gasteiger partial charge in [0.05, 0.1) is 12.7 Å². The zero-order valence-corrected chi connectivity index (χ0v) is 15.1. The van der Waals surface area contributed by atoms with E-state index in [1.807, 2.05) is 6.92 Å². The van der Waals surface area contributed by atoms with Gasteiger partial charge in [-0.1, -0.05) is 6.07 Å². The molecule has 0 amide bonds. The molecule has 0 aromatic heterocycles. The molecule has 1 atom stereocenters. The van der Waals surface area contributed by atoms with Gasteiger partial charge in [0.15, 0.2) is 17.5 Å². The second-order valence-electron chi connectivity index (χ2n) is 6.36. The normalized spacial score (nSPS) is 14.3. The Morgan fingerprint density at radius 2 is 1.96 bits per heavy atom. The molecule has 2 aromatic carbocycles. The van der Waals surface area contributed by atoms with Gasteiger partial charge < -0.3 is 25.6 Å². The van der Waals surface area contributed by atoms with Crippen molar-refractivity contribution in [2.24, 2.45) is 5.73 Å². The average Bonchev–Trinajstić information content (AvgIpc) is 3.46. The fourth-order valence-electron chi connectivity index (χ4n) is 2.64. The summed E-state index contributed by atoms with van der Waals surface area (Å²) in [6, 6.07) is 11.0. The highest BCUT2D eigenvalue weighted by Crippen LogP contribution is 2.36. The molecule has 142 valence electrons. The Morgan fingerprint density at radius 3 is 2.52 bits per heavy atom. The third-order valence-corrected chi connectivity index (χ3v) is 4.17. The SMILES string of the molecule is CCOc1cc(C(Nc2ccc(C(=N)N)cc2)C(=O)O)ccc1OC1CC1. The number of carbonyl (C=O) groups is 1. The van der Waals surface area contributed by atoms with Crippen LogP contribution in [0.5, 0.6) is 11.5 Å². The lowest BCUT2D eigenvalue weighted by molar-refractivity contribution is -0.138. The number of nitrogens with one attached hydrogen (secondary N) is 2. The number of benzene rings is 2. The first-order valence-corrected chi connectivity index (χ1v) is 8.85. The number of carboxylic acid groups (broad SMARTS) is 1. The number of amidine groups is 1. The minimum Gasteiger partial charge on any atom is -0.490 e. The predicted octanol–water partition coefficient (Wildman–Crippen LogP) is 3.15. The second-order valence-corrected chi connectivity index (χ2v) is 6.36. The number of ether oxygens (including phenoxy) is 2. The Labute approximate surface area is 157 Å². The van der Waals surface area contributed by atoms with Crippen LogP contribution in [0.3, 0.4) is 0 Å². The topological polar surface area (TPSA) is 118 Å². The van der Waals surface area contributed by atoms with Gasteiger partial charge in [0, 0.05) is 11.3 Å². The van der Waals surface area contributed by atoms with E-state index < -0.39 is 12.0 Å². The Morgan fingerprint density at radius 1 is 1.26 bits per heavy atom. The molecule has 7 heteroatoms. The van der Waals surface area contributed by atoms with Crippen LogP contribution in [-0.2, 0) is 4.79 Å². The van der Waals surface area contributed by atoms with Crippen LogP contribution in [0, 0.1) is 5.41 Å². The molecule has 1 fully saturated rings. The molecular weight excluding hydrogens is 346 g/mol. The fraction of sp³-hybridized carbons (Fsp3) is 0.300. The van der Waals surface area contributed by atoms with Crippen molar-refractivity contribution >= 4 is 17.5 Å². The molecule has 2 aromatic rings. The summed E-state index contributed by atoms with van der Waals surface area (Å²) in [6.45, 7) is 2.33. The average molecular weight is 369 g/mol. The summed E-state index contributed by atoms with van der Waals surface area (Å²) in [6.07, 6.45) is 2.29. The molecule has 1 aliphatic rings. The highest BCUT2D eigenvalue weighted by Gasteiger charge is 2.26. The van der Waals surface area contributed by atoms with Gasteiger partial charge in [-0.15, -0.1) is 0 Å². The zero-order valence-electron chi connectivity index (χ0n) is 15.1. The van der Waals surface area contributed by atoms with Crippen LogP contribution in [0.2, 0.25) is 0 Å². The third-order valence-electron chi connectivity index (χ3n) is 4.17. The maximum atomic E-state index is 11.8. The number of nitrogens with two attached hydrogens (primary N) is 1. The molecule has 1 aliphatic carbocycles. The van der Waals surface area contributed by atoms with E-state index >= 15 is 0 Å². The van der Waals surface area contributed by atoms with E-state index in [0.717, 1.165) is 12.8 Å². The largest absolute Gasteiger partial charge is 0.490 e. The molecule has 0 aliphatic heterocycles. The van der Waals surface area contributed by atoms with Crippen molar-refractivity contribution in [3.05, 3.63) is 53.6 Å². The number of carboxylic acids is 1. The van der Waals surface area contributed by atoms with Crippen LogP contribution in [0.4, 0.5) is 5.69 Å². The lowest BCUT2D eigenvalue weighted by atomic mass is 10.1. The summed E-state index contributed by atoms with van der Waals surface area (Å²) in [5.41, 5.74) is 7.20. The van der Waals surface area contributed by atoms with E-state index in [1.165, 1.54) is 0 Å². The van der Waals surface area contributed by atoms with Gasteiger partial charge >= 0.3 is 5.97 Å². The predicted molar refractivity (Wildman–Crippen MR) is 103 cm³/mol. The van der Waals surface area contributed by atoms with Gasteiger partial charge in [-0.25, -0.2) is 4.79 Å². The number of nitrogen functional groups attached to an aromatic ring is 1. The number of rotatable bonds is 9. The fourth-order valence-corrected chi connectivity index (χ4v) is 2.64. The van der Waals surface area contributed by atoms with Crippen molar-refractivity contribution in [3.8, 4) is 11.5 Å². The maximum absolute atomic E-state index is 11.8. The summed E-state index contributed by atoms with van der Waals surface area (Å²) < 4.78 is 11.5. The van der Waals surface area contributed by atoms with E-state index in [9.17, 15) is 9.90 Å². The van der Waals surface area contributed by atoms with Crippen molar-refractivity contribution in [1.29, 1.82) is 5.41 Å². The Hall–Kier alpha value is -3.22. The zero-order chi connectivity index (χ0) is 19.4. The highest BCUT2D eigenvalue weighted by molar-refractivity contribution is 5.95. The third kappa shape index (κ3) is 4.69. The number of hydrogen-bond acceptors (Lipinski definition) is 5. The molecule has 5 N–H and O–H groups in total. The molecular formula is C20H23N3O4. The molecule has 0 heterocycles. The van der Waals surface area contributed by atoms with Crippen molar-refractivity contribution in [1.82, 2.24) is 0 Å². The Balaban J connectivity index is 1.83. The van der Waals surface area contributed by atoms with E-state index in [-0.39, 0.29) is 11.9 Å². The van der Waals surface area contributed by atoms with E-state index in [0.29, 0.717) is 34.9 Å². The van der Waals surface area contributed by atoms with Crippen molar-refractivity contribution in [2.45, 2.75) is 31.9 Å². The smallest absolute Gasteiger partial charge is 0.330 e. The van der Waals surface area contributed by atoms with E-state index in [4.69, 9.17) is 20.6 Å². The van der Waals surface area contributed by atoms with Crippen LogP contribution < -0.4 is 20.5 Å². The molecule has 0 spiro atoms. The van der Waals surface area contributed by atoms with Crippen molar-refractivity contribution < 1.29 is 19.4 Å². The van der Waals surface area contributed by atoms with Gasteiger partial charge in [-0.05, 0) is 61.7 Å². The molecule has 0 bridgehead atoms. The molecule has 0 radical (unpaired) electrons. The number of aliphatic carboxylic acids is 1. The summed E-state index contributed by atoms with van der Waals surface area (Å²) in [5.74, 6) is 0.132. The molecule has 27 heavy (non-hydrogen) atoms. The van der Waals surface area contributed by atoms with Crippen LogP contribution in [0.1, 0.15) is 36.9 Å². The van der Waals surface area contributed by atoms with Gasteiger partial charge in [0.25, 0.3) is 0 Å². The molecule has 1 unspecified atom stereocenters. The summed E-state index contributed by atoms with van der Waals surface area (Å²) >= 11 is 0. The van der Waals surface area contributed by atoms with E-state index in [1.54, 1.807) is 42.5 Å². The molecule has 3 rings (SSSR count). The second kappa shape index (κ2) is 7.99. The van der Waals surface area contributed by atoms with Crippen LogP contribution >= 0.6 is 0 Å². The van der Waals surface area contributed by atoms with Crippen molar-refractivity contribution in [3.63, 3.8) is 0 Å². The van der Waals surface area contributed by atoms with Crippen LogP contribution in [0.25, 0.3) is 0 Å². The lowest BCUT2D eigenvalue weighted by Crippen LogP contribution is -2.21. The van der Waals surface area contributed by atoms with Gasteiger partial charge in [-0.2, -0.15) is 0 Å². The first kappa shape index (κ1) is 18.6. The minimum atomic E-state index is -1.01. The summed E-state index contributed by atoms with van der Waals surface area (Å²) in [4.78, 5) is 11.8. The summed E-state index contributed by atoms with van der Waals surface area (Å²) in [7, 11) is 0. The maximum Gasteiger partial charge on any atom is 0.330 e. The lowest BCUT2D eigenvalue weighted by Gasteiger charge is -2.19. The monoisotopic (exact) mass is 369 g/mol. The Kier molecular flexibility index (Phi) is 5.49. The van der Waals surface area contributed by atoms with Crippen molar-refractivity contribution in [2.75, 3.05) is 11.9 Å². The standard InChI is InChI=1S/C20H23N3O4/c1-2-26-17-11-13(5-10-16(17)27-15-8-9-15)18(20(24)25)23-14-6-3-12(4-7-14)19(21)22/h3-7,10-11,15,18,23H,2,8-9H2,1H3,(H3,21,22)(H,24,25). The minimum absolute atomic E-state index is 0.0380. The summed E-state index contributed by atoms with van der Waals surface area (Å²) in [5, 5.41) is 20.1. The first-order valence-electron chi connectivity index (χ1n) is 8.85. The molecule has 1 saturated carbocycles. The van der Waals surface area contributed by atoms with Gasteiger partial charge in [-0.3, -0.25) is 5.41 Å². The quantitative estimate of drug-likeness (QED) is 0.398. The van der Waals surface area contributed by atoms with Crippen LogP contribution in [0.15, 0.2) is 42.5 Å². The van der Waals surface area contributed by atoms with Gasteiger partial charge in [0.1, 0.15) is 5.84 Å². The van der Waals surface area contributed by atoms with Crippen LogP contribution in [-0.4, -0.2) is 29.6 Å². The number of hydrogen-bond donors (Lipinski definition) is 4. The van der Waals surface area contributed by atoms with E-state index in [2.05, 4.69) is 5.32 Å². The number of anilines is 1. The van der Waals surface area contributed by atoms with Gasteiger partial charge in [0.2, 0.25) is 0 Å². The highest BCUT2D eigenvalue weighted by atomic mass is 16.5.